The van der Waals surface area contributed by atoms with E-state index in [2.05, 4.69) is 43.3 Å². The molecule has 0 spiro atoms. The van der Waals surface area contributed by atoms with Gasteiger partial charge in [-0.2, -0.15) is 0 Å². The van der Waals surface area contributed by atoms with Crippen molar-refractivity contribution in [3.8, 4) is 5.75 Å². The molecule has 2 nitrogen and oxygen atoms in total. The number of nitrogens with two attached hydrogens (primary N) is 1. The van der Waals surface area contributed by atoms with E-state index in [9.17, 15) is 0 Å². The molecule has 2 aromatic rings. The second-order valence-corrected chi connectivity index (χ2v) is 5.33. The van der Waals surface area contributed by atoms with E-state index in [1.165, 1.54) is 16.7 Å². The van der Waals surface area contributed by atoms with Crippen molar-refractivity contribution in [2.45, 2.75) is 31.9 Å². The highest BCUT2D eigenvalue weighted by molar-refractivity contribution is 5.38. The molecule has 0 bridgehead atoms. The lowest BCUT2D eigenvalue weighted by atomic mass is 9.98. The molecule has 2 atom stereocenters. The number of rotatable bonds is 3. The zero-order valence-corrected chi connectivity index (χ0v) is 11.2. The Kier molecular flexibility index (Phi) is 3.26. The van der Waals surface area contributed by atoms with Gasteiger partial charge in [0.05, 0.1) is 0 Å². The molecule has 0 aliphatic carbocycles. The predicted molar refractivity (Wildman–Crippen MR) is 77.4 cm³/mol. The molecule has 1 aliphatic rings. The Morgan fingerprint density at radius 2 is 2.05 bits per heavy atom. The van der Waals surface area contributed by atoms with E-state index in [-0.39, 0.29) is 12.1 Å². The average molecular weight is 253 g/mol. The number of aryl methyl sites for hydroxylation is 1. The van der Waals surface area contributed by atoms with Crippen LogP contribution in [0.2, 0.25) is 0 Å². The molecule has 1 heterocycles. The third-order valence-corrected chi connectivity index (χ3v) is 3.70. The highest BCUT2D eigenvalue weighted by atomic mass is 16.5. The lowest BCUT2D eigenvalue weighted by Crippen LogP contribution is -2.39. The third kappa shape index (κ3) is 2.64. The molecule has 3 rings (SSSR count). The van der Waals surface area contributed by atoms with Gasteiger partial charge in [-0.05, 0) is 30.5 Å². The Morgan fingerprint density at radius 3 is 2.84 bits per heavy atom. The minimum Gasteiger partial charge on any atom is -0.488 e. The van der Waals surface area contributed by atoms with Crippen molar-refractivity contribution in [1.29, 1.82) is 0 Å². The van der Waals surface area contributed by atoms with Gasteiger partial charge in [0.25, 0.3) is 0 Å². The zero-order chi connectivity index (χ0) is 13.2. The fourth-order valence-corrected chi connectivity index (χ4v) is 2.69. The van der Waals surface area contributed by atoms with Gasteiger partial charge in [-0.3, -0.25) is 0 Å². The van der Waals surface area contributed by atoms with E-state index in [1.807, 2.05) is 12.1 Å². The molecule has 0 radical (unpaired) electrons. The van der Waals surface area contributed by atoms with Crippen LogP contribution in [0, 0.1) is 6.92 Å². The SMILES string of the molecule is Cc1cccc(CC(N)C2Cc3ccccc3O2)c1. The van der Waals surface area contributed by atoms with Crippen molar-refractivity contribution in [2.24, 2.45) is 5.73 Å². The van der Waals surface area contributed by atoms with Crippen LogP contribution in [-0.4, -0.2) is 12.1 Å². The summed E-state index contributed by atoms with van der Waals surface area (Å²) in [6.07, 6.45) is 1.88. The molecule has 0 amide bonds. The van der Waals surface area contributed by atoms with Crippen LogP contribution in [0.25, 0.3) is 0 Å². The van der Waals surface area contributed by atoms with Crippen LogP contribution in [-0.2, 0) is 12.8 Å². The number of ether oxygens (including phenoxy) is 1. The second kappa shape index (κ2) is 5.06. The summed E-state index contributed by atoms with van der Waals surface area (Å²) in [7, 11) is 0. The summed E-state index contributed by atoms with van der Waals surface area (Å²) in [6.45, 7) is 2.11. The summed E-state index contributed by atoms with van der Waals surface area (Å²) in [5.41, 5.74) is 10.1. The highest BCUT2D eigenvalue weighted by Gasteiger charge is 2.27. The average Bonchev–Trinajstić information content (AvgIpc) is 2.82. The summed E-state index contributed by atoms with van der Waals surface area (Å²) >= 11 is 0. The second-order valence-electron chi connectivity index (χ2n) is 5.33. The molecule has 2 N–H and O–H groups in total. The molecule has 0 saturated heterocycles. The minimum absolute atomic E-state index is 0.0363. The van der Waals surface area contributed by atoms with Crippen LogP contribution < -0.4 is 10.5 Å². The summed E-state index contributed by atoms with van der Waals surface area (Å²) in [4.78, 5) is 0. The van der Waals surface area contributed by atoms with Gasteiger partial charge in [-0.1, -0.05) is 48.0 Å². The van der Waals surface area contributed by atoms with Gasteiger partial charge in [0.1, 0.15) is 11.9 Å². The van der Waals surface area contributed by atoms with E-state index in [0.29, 0.717) is 0 Å². The van der Waals surface area contributed by atoms with Crippen molar-refractivity contribution >= 4 is 0 Å². The molecule has 0 fully saturated rings. The molecule has 98 valence electrons. The first-order chi connectivity index (χ1) is 9.22. The largest absolute Gasteiger partial charge is 0.488 e. The topological polar surface area (TPSA) is 35.2 Å². The maximum atomic E-state index is 6.32. The highest BCUT2D eigenvalue weighted by Crippen LogP contribution is 2.29. The standard InChI is InChI=1S/C17H19NO/c1-12-5-4-6-13(9-12)10-15(18)17-11-14-7-2-3-8-16(14)19-17/h2-9,15,17H,10-11,18H2,1H3. The Balaban J connectivity index is 1.68. The van der Waals surface area contributed by atoms with Gasteiger partial charge in [0.2, 0.25) is 0 Å². The van der Waals surface area contributed by atoms with Crippen LogP contribution in [0.4, 0.5) is 0 Å². The summed E-state index contributed by atoms with van der Waals surface area (Å²) in [6, 6.07) is 16.8. The molecule has 0 saturated carbocycles. The lowest BCUT2D eigenvalue weighted by molar-refractivity contribution is 0.198. The summed E-state index contributed by atoms with van der Waals surface area (Å²) in [5.74, 6) is 0.993. The third-order valence-electron chi connectivity index (χ3n) is 3.70. The van der Waals surface area contributed by atoms with Crippen LogP contribution in [0.3, 0.4) is 0 Å². The smallest absolute Gasteiger partial charge is 0.123 e. The normalized spacial score (nSPS) is 18.7. The number of hydrogen-bond donors (Lipinski definition) is 1. The van der Waals surface area contributed by atoms with Gasteiger partial charge < -0.3 is 10.5 Å². The number of benzene rings is 2. The first-order valence-corrected chi connectivity index (χ1v) is 6.78. The summed E-state index contributed by atoms with van der Waals surface area (Å²) < 4.78 is 5.95. The van der Waals surface area contributed by atoms with Crippen LogP contribution in [0.15, 0.2) is 48.5 Å². The van der Waals surface area contributed by atoms with Crippen LogP contribution in [0.1, 0.15) is 16.7 Å². The molecular weight excluding hydrogens is 234 g/mol. The van der Waals surface area contributed by atoms with Crippen LogP contribution in [0.5, 0.6) is 5.75 Å². The zero-order valence-electron chi connectivity index (χ0n) is 11.2. The van der Waals surface area contributed by atoms with Gasteiger partial charge in [0.15, 0.2) is 0 Å². The minimum atomic E-state index is 0.0363. The fraction of sp³-hybridized carbons (Fsp3) is 0.294. The molecular formula is C17H19NO. The first-order valence-electron chi connectivity index (χ1n) is 6.78. The van der Waals surface area contributed by atoms with Gasteiger partial charge in [-0.25, -0.2) is 0 Å². The number of para-hydroxylation sites is 1. The van der Waals surface area contributed by atoms with Crippen LogP contribution >= 0.6 is 0 Å². The monoisotopic (exact) mass is 253 g/mol. The van der Waals surface area contributed by atoms with Gasteiger partial charge >= 0.3 is 0 Å². The molecule has 2 aromatic carbocycles. The van der Waals surface area contributed by atoms with Crippen molar-refractivity contribution in [3.63, 3.8) is 0 Å². The first kappa shape index (κ1) is 12.2. The summed E-state index contributed by atoms with van der Waals surface area (Å²) in [5, 5.41) is 0. The predicted octanol–water partition coefficient (Wildman–Crippen LogP) is 2.87. The fourth-order valence-electron chi connectivity index (χ4n) is 2.69. The maximum Gasteiger partial charge on any atom is 0.123 e. The molecule has 2 heteroatoms. The quantitative estimate of drug-likeness (QED) is 0.913. The van der Waals surface area contributed by atoms with E-state index in [0.717, 1.165) is 18.6 Å². The Bertz CT molecular complexity index is 554. The Hall–Kier alpha value is -1.80. The lowest BCUT2D eigenvalue weighted by Gasteiger charge is -2.19. The molecule has 19 heavy (non-hydrogen) atoms. The number of fused-ring (bicyclic) bond motifs is 1. The molecule has 2 unspecified atom stereocenters. The van der Waals surface area contributed by atoms with Gasteiger partial charge in [0, 0.05) is 12.5 Å². The molecule has 1 aliphatic heterocycles. The van der Waals surface area contributed by atoms with Gasteiger partial charge in [-0.15, -0.1) is 0 Å². The maximum absolute atomic E-state index is 6.32. The van der Waals surface area contributed by atoms with E-state index in [1.54, 1.807) is 0 Å². The Morgan fingerprint density at radius 1 is 1.21 bits per heavy atom. The van der Waals surface area contributed by atoms with Crippen molar-refractivity contribution < 1.29 is 4.74 Å². The molecule has 0 aromatic heterocycles. The van der Waals surface area contributed by atoms with Crippen molar-refractivity contribution in [1.82, 2.24) is 0 Å². The van der Waals surface area contributed by atoms with Crippen molar-refractivity contribution in [3.05, 3.63) is 65.2 Å². The van der Waals surface area contributed by atoms with E-state index >= 15 is 0 Å². The van der Waals surface area contributed by atoms with Crippen molar-refractivity contribution in [2.75, 3.05) is 0 Å². The van der Waals surface area contributed by atoms with E-state index in [4.69, 9.17) is 10.5 Å². The number of hydrogen-bond acceptors (Lipinski definition) is 2. The Labute approximate surface area is 114 Å². The van der Waals surface area contributed by atoms with E-state index < -0.39 is 0 Å².